The molecule has 3 atom stereocenters. The van der Waals surface area contributed by atoms with Gasteiger partial charge >= 0.3 is 5.97 Å². The molecule has 0 aliphatic heterocycles. The van der Waals surface area contributed by atoms with Crippen LogP contribution in [0.3, 0.4) is 0 Å². The quantitative estimate of drug-likeness (QED) is 0.765. The van der Waals surface area contributed by atoms with Crippen molar-refractivity contribution in [2.45, 2.75) is 33.6 Å². The second-order valence-electron chi connectivity index (χ2n) is 4.84. The van der Waals surface area contributed by atoms with E-state index in [-0.39, 0.29) is 12.2 Å². The molecule has 1 saturated carbocycles. The van der Waals surface area contributed by atoms with Gasteiger partial charge in [0, 0.05) is 11.8 Å². The highest BCUT2D eigenvalue weighted by Gasteiger charge is 2.63. The number of Topliss-reactive ketones (excluding diaryl/α,β-unsaturated/α-hetero) is 1. The third-order valence-corrected chi connectivity index (χ3v) is 3.80. The van der Waals surface area contributed by atoms with Crippen molar-refractivity contribution in [3.8, 4) is 6.07 Å². The molecular formula is C11H15NO3. The fraction of sp³-hybridized carbons (Fsp3) is 0.727. The molecule has 0 aromatic carbocycles. The van der Waals surface area contributed by atoms with Crippen molar-refractivity contribution < 1.29 is 14.7 Å². The molecule has 1 aliphatic rings. The van der Waals surface area contributed by atoms with E-state index in [2.05, 4.69) is 6.07 Å². The molecule has 0 bridgehead atoms. The molecule has 4 heteroatoms. The van der Waals surface area contributed by atoms with Crippen LogP contribution >= 0.6 is 0 Å². The average molecular weight is 209 g/mol. The lowest BCUT2D eigenvalue weighted by Gasteiger charge is -2.56. The summed E-state index contributed by atoms with van der Waals surface area (Å²) in [4.78, 5) is 22.1. The van der Waals surface area contributed by atoms with E-state index in [1.807, 2.05) is 0 Å². The first kappa shape index (κ1) is 11.7. The normalized spacial score (nSPS) is 38.9. The summed E-state index contributed by atoms with van der Waals surface area (Å²) in [6.45, 7) is 4.88. The van der Waals surface area contributed by atoms with Crippen molar-refractivity contribution >= 4 is 11.8 Å². The second-order valence-corrected chi connectivity index (χ2v) is 4.84. The summed E-state index contributed by atoms with van der Waals surface area (Å²) in [7, 11) is 0. The molecule has 0 amide bonds. The van der Waals surface area contributed by atoms with Crippen LogP contribution in [0.15, 0.2) is 0 Å². The molecule has 1 aliphatic carbocycles. The minimum absolute atomic E-state index is 0.0649. The number of aliphatic carboxylic acids is 1. The predicted molar refractivity (Wildman–Crippen MR) is 52.9 cm³/mol. The molecular weight excluding hydrogens is 194 g/mol. The largest absolute Gasteiger partial charge is 0.481 e. The van der Waals surface area contributed by atoms with E-state index in [0.717, 1.165) is 0 Å². The van der Waals surface area contributed by atoms with Gasteiger partial charge in [-0.1, -0.05) is 6.92 Å². The Bertz CT molecular complexity index is 357. The number of nitrogens with zero attached hydrogens (tertiary/aromatic N) is 1. The van der Waals surface area contributed by atoms with Crippen molar-refractivity contribution in [2.24, 2.45) is 16.7 Å². The van der Waals surface area contributed by atoms with Gasteiger partial charge in [0.2, 0.25) is 0 Å². The van der Waals surface area contributed by atoms with Gasteiger partial charge in [-0.25, -0.2) is 0 Å². The molecule has 1 rings (SSSR count). The first-order valence-electron chi connectivity index (χ1n) is 4.90. The summed E-state index contributed by atoms with van der Waals surface area (Å²) in [5, 5.41) is 18.0. The molecule has 0 radical (unpaired) electrons. The van der Waals surface area contributed by atoms with Gasteiger partial charge in [-0.2, -0.15) is 5.26 Å². The minimum Gasteiger partial charge on any atom is -0.481 e. The highest BCUT2D eigenvalue weighted by Crippen LogP contribution is 2.62. The summed E-state index contributed by atoms with van der Waals surface area (Å²) in [6, 6.07) is 2.14. The van der Waals surface area contributed by atoms with Gasteiger partial charge < -0.3 is 9.90 Å². The maximum absolute atomic E-state index is 11.1. The SMILES string of the molecule is CC(=O)C[C@@]1(C)[C@@H](C(=O)O)CC1(C)C#N. The van der Waals surface area contributed by atoms with Crippen LogP contribution in [0, 0.1) is 28.1 Å². The van der Waals surface area contributed by atoms with Gasteiger partial charge in [-0.15, -0.1) is 0 Å². The number of hydrogen-bond acceptors (Lipinski definition) is 3. The van der Waals surface area contributed by atoms with Crippen molar-refractivity contribution in [1.82, 2.24) is 0 Å². The van der Waals surface area contributed by atoms with Gasteiger partial charge in [-0.05, 0) is 20.3 Å². The Labute approximate surface area is 88.9 Å². The highest BCUT2D eigenvalue weighted by atomic mass is 16.4. The van der Waals surface area contributed by atoms with Gasteiger partial charge in [-0.3, -0.25) is 4.79 Å². The molecule has 15 heavy (non-hydrogen) atoms. The molecule has 0 saturated heterocycles. The van der Waals surface area contributed by atoms with E-state index in [0.29, 0.717) is 6.42 Å². The molecule has 82 valence electrons. The van der Waals surface area contributed by atoms with Crippen LogP contribution in [0.1, 0.15) is 33.6 Å². The molecule has 0 aromatic rings. The van der Waals surface area contributed by atoms with Crippen molar-refractivity contribution in [1.29, 1.82) is 5.26 Å². The van der Waals surface area contributed by atoms with Gasteiger partial charge in [0.25, 0.3) is 0 Å². The smallest absolute Gasteiger partial charge is 0.307 e. The Morgan fingerprint density at radius 2 is 2.07 bits per heavy atom. The molecule has 0 aromatic heterocycles. The standard InChI is InChI=1S/C11H15NO3/c1-7(13)4-11(3)8(9(14)15)5-10(11,2)6-12/h8H,4-5H2,1-3H3,(H,14,15)/t8-,10?,11+/m1/s1. The first-order valence-corrected chi connectivity index (χ1v) is 4.90. The van der Waals surface area contributed by atoms with E-state index in [1.165, 1.54) is 6.92 Å². The van der Waals surface area contributed by atoms with E-state index in [9.17, 15) is 9.59 Å². The lowest BCUT2D eigenvalue weighted by Crippen LogP contribution is -2.58. The Kier molecular flexibility index (Phi) is 2.60. The minimum atomic E-state index is -0.911. The maximum Gasteiger partial charge on any atom is 0.307 e. The highest BCUT2D eigenvalue weighted by molar-refractivity contribution is 5.80. The fourth-order valence-electron chi connectivity index (χ4n) is 2.49. The molecule has 1 unspecified atom stereocenters. The predicted octanol–water partition coefficient (Wildman–Crippen LogP) is 1.61. The molecule has 1 fully saturated rings. The van der Waals surface area contributed by atoms with Gasteiger partial charge in [0.15, 0.2) is 0 Å². The summed E-state index contributed by atoms with van der Waals surface area (Å²) in [5.74, 6) is -1.55. The lowest BCUT2D eigenvalue weighted by atomic mass is 9.44. The Morgan fingerprint density at radius 1 is 1.53 bits per heavy atom. The van der Waals surface area contributed by atoms with Crippen LogP contribution in [-0.2, 0) is 9.59 Å². The lowest BCUT2D eigenvalue weighted by molar-refractivity contribution is -0.169. The fourth-order valence-corrected chi connectivity index (χ4v) is 2.49. The summed E-state index contributed by atoms with van der Waals surface area (Å²) in [5.41, 5.74) is -1.42. The van der Waals surface area contributed by atoms with E-state index >= 15 is 0 Å². The summed E-state index contributed by atoms with van der Waals surface area (Å²) >= 11 is 0. The van der Waals surface area contributed by atoms with Crippen LogP contribution in [0.25, 0.3) is 0 Å². The van der Waals surface area contributed by atoms with E-state index in [1.54, 1.807) is 13.8 Å². The van der Waals surface area contributed by atoms with Crippen LogP contribution in [-0.4, -0.2) is 16.9 Å². The number of hydrogen-bond donors (Lipinski definition) is 1. The van der Waals surface area contributed by atoms with Crippen LogP contribution in [0.2, 0.25) is 0 Å². The Balaban J connectivity index is 3.01. The molecule has 0 spiro atoms. The van der Waals surface area contributed by atoms with Crippen molar-refractivity contribution in [2.75, 3.05) is 0 Å². The monoisotopic (exact) mass is 209 g/mol. The second kappa shape index (κ2) is 3.34. The number of rotatable bonds is 3. The van der Waals surface area contributed by atoms with Gasteiger partial charge in [0.1, 0.15) is 5.78 Å². The third-order valence-electron chi connectivity index (χ3n) is 3.80. The molecule has 4 nitrogen and oxygen atoms in total. The van der Waals surface area contributed by atoms with Crippen LogP contribution in [0.5, 0.6) is 0 Å². The zero-order valence-electron chi connectivity index (χ0n) is 9.20. The van der Waals surface area contributed by atoms with Crippen molar-refractivity contribution in [3.05, 3.63) is 0 Å². The number of carboxylic acid groups (broad SMARTS) is 1. The Morgan fingerprint density at radius 3 is 2.40 bits per heavy atom. The number of carbonyl (C=O) groups excluding carboxylic acids is 1. The Hall–Kier alpha value is -1.37. The third kappa shape index (κ3) is 1.52. The zero-order chi connectivity index (χ0) is 11.9. The molecule has 0 heterocycles. The van der Waals surface area contributed by atoms with E-state index < -0.39 is 22.7 Å². The molecule has 1 N–H and O–H groups in total. The van der Waals surface area contributed by atoms with E-state index in [4.69, 9.17) is 10.4 Å². The number of carbonyl (C=O) groups is 2. The summed E-state index contributed by atoms with van der Waals surface area (Å²) in [6.07, 6.45) is 0.497. The zero-order valence-corrected chi connectivity index (χ0v) is 9.20. The summed E-state index contributed by atoms with van der Waals surface area (Å²) < 4.78 is 0. The number of nitriles is 1. The number of carboxylic acids is 1. The number of ketones is 1. The maximum atomic E-state index is 11.1. The van der Waals surface area contributed by atoms with Gasteiger partial charge in [0.05, 0.1) is 17.4 Å². The first-order chi connectivity index (χ1) is 6.77. The average Bonchev–Trinajstić information content (AvgIpc) is 2.11. The van der Waals surface area contributed by atoms with Crippen molar-refractivity contribution in [3.63, 3.8) is 0 Å². The van der Waals surface area contributed by atoms with Crippen LogP contribution in [0.4, 0.5) is 0 Å². The van der Waals surface area contributed by atoms with Crippen LogP contribution < -0.4 is 0 Å². The topological polar surface area (TPSA) is 78.2 Å².